The van der Waals surface area contributed by atoms with Crippen LogP contribution >= 0.6 is 0 Å². The first kappa shape index (κ1) is 9.17. The maximum absolute atomic E-state index is 10.1. The molecule has 0 saturated carbocycles. The fourth-order valence-corrected chi connectivity index (χ4v) is 0.709. The second-order valence-corrected chi connectivity index (χ2v) is 2.56. The van der Waals surface area contributed by atoms with Crippen LogP contribution in [0.3, 0.4) is 0 Å². The van der Waals surface area contributed by atoms with Crippen molar-refractivity contribution in [3.05, 3.63) is 12.7 Å². The van der Waals surface area contributed by atoms with E-state index in [4.69, 9.17) is 5.11 Å². The van der Waals surface area contributed by atoms with Crippen molar-refractivity contribution in [1.29, 1.82) is 0 Å². The highest BCUT2D eigenvalue weighted by atomic mass is 16.4. The van der Waals surface area contributed by atoms with Crippen LogP contribution in [0.15, 0.2) is 12.7 Å². The highest BCUT2D eigenvalue weighted by Gasteiger charge is 2.21. The van der Waals surface area contributed by atoms with Crippen molar-refractivity contribution in [2.24, 2.45) is 0 Å². The first-order valence-electron chi connectivity index (χ1n) is 3.03. The topological polar surface area (TPSA) is 57.5 Å². The molecule has 1 unspecified atom stereocenters. The molecule has 0 fully saturated rings. The molecule has 0 aliphatic carbocycles. The summed E-state index contributed by atoms with van der Waals surface area (Å²) in [7, 11) is 0. The monoisotopic (exact) mass is 144 g/mol. The Morgan fingerprint density at radius 2 is 2.30 bits per heavy atom. The standard InChI is InChI=1S/C7H12O3/c1-3-4-7(2,10)5-6(8)9/h3,10H,1,4-5H2,2H3,(H,8,9). The minimum absolute atomic E-state index is 0.237. The number of carboxylic acids is 1. The van der Waals surface area contributed by atoms with E-state index in [0.717, 1.165) is 0 Å². The smallest absolute Gasteiger partial charge is 0.306 e. The largest absolute Gasteiger partial charge is 0.481 e. The first-order valence-corrected chi connectivity index (χ1v) is 3.03. The third-order valence-corrected chi connectivity index (χ3v) is 1.12. The summed E-state index contributed by atoms with van der Waals surface area (Å²) >= 11 is 0. The summed E-state index contributed by atoms with van der Waals surface area (Å²) in [5, 5.41) is 17.5. The van der Waals surface area contributed by atoms with E-state index in [1.165, 1.54) is 13.0 Å². The van der Waals surface area contributed by atoms with E-state index in [9.17, 15) is 9.90 Å². The third-order valence-electron chi connectivity index (χ3n) is 1.12. The Morgan fingerprint density at radius 1 is 1.80 bits per heavy atom. The van der Waals surface area contributed by atoms with Crippen molar-refractivity contribution in [3.8, 4) is 0 Å². The summed E-state index contributed by atoms with van der Waals surface area (Å²) in [6.45, 7) is 4.88. The SMILES string of the molecule is C=CCC(C)(O)CC(=O)O. The number of rotatable bonds is 4. The van der Waals surface area contributed by atoms with E-state index in [1.54, 1.807) is 0 Å². The first-order chi connectivity index (χ1) is 4.48. The van der Waals surface area contributed by atoms with Crippen LogP contribution in [0.5, 0.6) is 0 Å². The zero-order valence-electron chi connectivity index (χ0n) is 6.00. The van der Waals surface area contributed by atoms with Gasteiger partial charge in [-0.1, -0.05) is 6.08 Å². The molecule has 0 bridgehead atoms. The molecule has 0 aromatic heterocycles. The van der Waals surface area contributed by atoms with Crippen molar-refractivity contribution in [2.75, 3.05) is 0 Å². The zero-order valence-corrected chi connectivity index (χ0v) is 6.00. The van der Waals surface area contributed by atoms with Crippen LogP contribution < -0.4 is 0 Å². The van der Waals surface area contributed by atoms with Crippen LogP contribution in [0.1, 0.15) is 19.8 Å². The van der Waals surface area contributed by atoms with Crippen LogP contribution in [0.2, 0.25) is 0 Å². The van der Waals surface area contributed by atoms with Gasteiger partial charge in [-0.15, -0.1) is 6.58 Å². The average Bonchev–Trinajstić information content (AvgIpc) is 1.59. The van der Waals surface area contributed by atoms with Crippen molar-refractivity contribution in [3.63, 3.8) is 0 Å². The fourth-order valence-electron chi connectivity index (χ4n) is 0.709. The van der Waals surface area contributed by atoms with E-state index in [2.05, 4.69) is 6.58 Å². The number of carbonyl (C=O) groups is 1. The normalized spacial score (nSPS) is 15.8. The van der Waals surface area contributed by atoms with Crippen LogP contribution in [-0.4, -0.2) is 21.8 Å². The third kappa shape index (κ3) is 4.09. The van der Waals surface area contributed by atoms with Gasteiger partial charge in [-0.2, -0.15) is 0 Å². The number of hydrogen-bond donors (Lipinski definition) is 2. The van der Waals surface area contributed by atoms with Crippen LogP contribution in [0.4, 0.5) is 0 Å². The van der Waals surface area contributed by atoms with Gasteiger partial charge in [-0.05, 0) is 13.3 Å². The molecule has 0 aliphatic rings. The number of aliphatic carboxylic acids is 1. The Morgan fingerprint density at radius 3 is 2.60 bits per heavy atom. The summed E-state index contributed by atoms with van der Waals surface area (Å²) in [6, 6.07) is 0. The molecule has 0 aromatic rings. The maximum Gasteiger partial charge on any atom is 0.306 e. The van der Waals surface area contributed by atoms with Gasteiger partial charge in [-0.3, -0.25) is 4.79 Å². The van der Waals surface area contributed by atoms with Gasteiger partial charge in [0.1, 0.15) is 0 Å². The lowest BCUT2D eigenvalue weighted by atomic mass is 9.99. The molecule has 0 aliphatic heterocycles. The van der Waals surface area contributed by atoms with Gasteiger partial charge in [0.25, 0.3) is 0 Å². The molecule has 10 heavy (non-hydrogen) atoms. The average molecular weight is 144 g/mol. The van der Waals surface area contributed by atoms with Crippen LogP contribution in [-0.2, 0) is 4.79 Å². The van der Waals surface area contributed by atoms with Gasteiger partial charge >= 0.3 is 5.97 Å². The summed E-state index contributed by atoms with van der Waals surface area (Å²) in [4.78, 5) is 10.1. The van der Waals surface area contributed by atoms with Crippen molar-refractivity contribution < 1.29 is 15.0 Å². The van der Waals surface area contributed by atoms with Gasteiger partial charge in [0.05, 0.1) is 12.0 Å². The summed E-state index contributed by atoms with van der Waals surface area (Å²) < 4.78 is 0. The van der Waals surface area contributed by atoms with Crippen molar-refractivity contribution in [2.45, 2.75) is 25.4 Å². The number of aliphatic hydroxyl groups is 1. The Balaban J connectivity index is 3.85. The lowest BCUT2D eigenvalue weighted by Crippen LogP contribution is -2.26. The molecule has 0 saturated heterocycles. The minimum atomic E-state index is -1.15. The molecule has 3 nitrogen and oxygen atoms in total. The van der Waals surface area contributed by atoms with E-state index < -0.39 is 11.6 Å². The van der Waals surface area contributed by atoms with E-state index >= 15 is 0 Å². The van der Waals surface area contributed by atoms with Crippen LogP contribution in [0.25, 0.3) is 0 Å². The zero-order chi connectivity index (χ0) is 8.20. The van der Waals surface area contributed by atoms with Crippen molar-refractivity contribution >= 4 is 5.97 Å². The molecule has 1 atom stereocenters. The quantitative estimate of drug-likeness (QED) is 0.573. The van der Waals surface area contributed by atoms with E-state index in [1.807, 2.05) is 0 Å². The van der Waals surface area contributed by atoms with E-state index in [-0.39, 0.29) is 6.42 Å². The molecule has 58 valence electrons. The fraction of sp³-hybridized carbons (Fsp3) is 0.571. The Hall–Kier alpha value is -0.830. The van der Waals surface area contributed by atoms with Gasteiger partial charge < -0.3 is 10.2 Å². The molecule has 0 rings (SSSR count). The lowest BCUT2D eigenvalue weighted by molar-refractivity contribution is -0.141. The Labute approximate surface area is 60.0 Å². The molecular weight excluding hydrogens is 132 g/mol. The molecule has 2 N–H and O–H groups in total. The molecule has 0 aromatic carbocycles. The summed E-state index contributed by atoms with van der Waals surface area (Å²) in [5.74, 6) is -0.994. The Kier molecular flexibility index (Phi) is 3.09. The predicted molar refractivity (Wildman–Crippen MR) is 37.7 cm³/mol. The van der Waals surface area contributed by atoms with Crippen LogP contribution in [0, 0.1) is 0 Å². The van der Waals surface area contributed by atoms with Gasteiger partial charge in [0.15, 0.2) is 0 Å². The minimum Gasteiger partial charge on any atom is -0.481 e. The molecular formula is C7H12O3. The van der Waals surface area contributed by atoms with Gasteiger partial charge in [0, 0.05) is 0 Å². The predicted octanol–water partition coefficient (Wildman–Crippen LogP) is 0.788. The Bertz CT molecular complexity index is 138. The highest BCUT2D eigenvalue weighted by Crippen LogP contribution is 2.13. The van der Waals surface area contributed by atoms with E-state index in [0.29, 0.717) is 6.42 Å². The van der Waals surface area contributed by atoms with Gasteiger partial charge in [-0.25, -0.2) is 0 Å². The summed E-state index contributed by atoms with van der Waals surface area (Å²) in [6.07, 6.45) is 1.57. The maximum atomic E-state index is 10.1. The molecule has 0 spiro atoms. The molecule has 3 heteroatoms. The molecule has 0 radical (unpaired) electrons. The van der Waals surface area contributed by atoms with Gasteiger partial charge in [0.2, 0.25) is 0 Å². The number of carboxylic acid groups (broad SMARTS) is 1. The summed E-state index contributed by atoms with van der Waals surface area (Å²) in [5.41, 5.74) is -1.15. The lowest BCUT2D eigenvalue weighted by Gasteiger charge is -2.17. The molecule has 0 amide bonds. The molecule has 0 heterocycles. The number of hydrogen-bond acceptors (Lipinski definition) is 2. The van der Waals surface area contributed by atoms with Crippen molar-refractivity contribution in [1.82, 2.24) is 0 Å². The highest BCUT2D eigenvalue weighted by molar-refractivity contribution is 5.68. The second-order valence-electron chi connectivity index (χ2n) is 2.56. The second kappa shape index (κ2) is 3.37.